The Hall–Kier alpha value is -1.64. The molecule has 0 bridgehead atoms. The second kappa shape index (κ2) is 5.62. The minimum Gasteiger partial charge on any atom is -0.381 e. The molecule has 1 unspecified atom stereocenters. The van der Waals surface area contributed by atoms with E-state index >= 15 is 0 Å². The Kier molecular flexibility index (Phi) is 3.91. The molecular formula is C12H14FN3O. The average molecular weight is 235 g/mol. The number of nitrogens with zero attached hydrogens (tertiary/aromatic N) is 1. The molecule has 1 aliphatic heterocycles. The van der Waals surface area contributed by atoms with Crippen molar-refractivity contribution in [3.05, 3.63) is 29.6 Å². The van der Waals surface area contributed by atoms with E-state index in [2.05, 4.69) is 10.6 Å². The number of benzene rings is 1. The van der Waals surface area contributed by atoms with Crippen molar-refractivity contribution in [3.8, 4) is 6.07 Å². The number of hydrogen-bond donors (Lipinski definition) is 2. The highest BCUT2D eigenvalue weighted by Crippen LogP contribution is 2.16. The number of hydrogen-bond acceptors (Lipinski definition) is 4. The van der Waals surface area contributed by atoms with Gasteiger partial charge >= 0.3 is 0 Å². The molecule has 0 radical (unpaired) electrons. The summed E-state index contributed by atoms with van der Waals surface area (Å²) in [4.78, 5) is 0. The van der Waals surface area contributed by atoms with Crippen LogP contribution >= 0.6 is 0 Å². The van der Waals surface area contributed by atoms with Crippen molar-refractivity contribution in [2.45, 2.75) is 6.10 Å². The fourth-order valence-electron chi connectivity index (χ4n) is 1.74. The summed E-state index contributed by atoms with van der Waals surface area (Å²) in [5.41, 5.74) is 0.955. The van der Waals surface area contributed by atoms with E-state index in [-0.39, 0.29) is 6.10 Å². The molecule has 1 aromatic rings. The highest BCUT2D eigenvalue weighted by Gasteiger charge is 2.13. The predicted octanol–water partition coefficient (Wildman–Crippen LogP) is 1.10. The number of morpholine rings is 1. The second-order valence-electron chi connectivity index (χ2n) is 3.88. The summed E-state index contributed by atoms with van der Waals surface area (Å²) in [6, 6.07) is 6.10. The zero-order valence-electron chi connectivity index (χ0n) is 9.37. The van der Waals surface area contributed by atoms with Crippen molar-refractivity contribution in [2.75, 3.05) is 31.6 Å². The van der Waals surface area contributed by atoms with Crippen molar-refractivity contribution < 1.29 is 9.13 Å². The van der Waals surface area contributed by atoms with Crippen molar-refractivity contribution in [1.82, 2.24) is 5.32 Å². The fraction of sp³-hybridized carbons (Fsp3) is 0.417. The van der Waals surface area contributed by atoms with Gasteiger partial charge in [0.1, 0.15) is 11.9 Å². The van der Waals surface area contributed by atoms with E-state index in [1.54, 1.807) is 6.07 Å². The summed E-state index contributed by atoms with van der Waals surface area (Å²) in [5, 5.41) is 15.2. The summed E-state index contributed by atoms with van der Waals surface area (Å²) in [7, 11) is 0. The monoisotopic (exact) mass is 235 g/mol. The first-order valence-corrected chi connectivity index (χ1v) is 5.55. The van der Waals surface area contributed by atoms with Crippen molar-refractivity contribution in [1.29, 1.82) is 5.26 Å². The maximum absolute atomic E-state index is 12.9. The summed E-state index contributed by atoms with van der Waals surface area (Å²) in [5.74, 6) is -0.400. The van der Waals surface area contributed by atoms with Gasteiger partial charge in [0.15, 0.2) is 0 Å². The normalized spacial score (nSPS) is 19.6. The van der Waals surface area contributed by atoms with Crippen LogP contribution in [0.2, 0.25) is 0 Å². The lowest BCUT2D eigenvalue weighted by Gasteiger charge is -2.24. The molecule has 1 saturated heterocycles. The lowest BCUT2D eigenvalue weighted by Crippen LogP contribution is -2.42. The van der Waals surface area contributed by atoms with Crippen LogP contribution in [0.4, 0.5) is 10.1 Å². The summed E-state index contributed by atoms with van der Waals surface area (Å²) in [6.45, 7) is 2.96. The standard InChI is InChI=1S/C12H14FN3O/c13-10-1-2-12(9(5-10)6-14)16-8-11-7-15-3-4-17-11/h1-2,5,11,15-16H,3-4,7-8H2. The van der Waals surface area contributed by atoms with Crippen LogP contribution in [0.1, 0.15) is 5.56 Å². The molecule has 17 heavy (non-hydrogen) atoms. The third kappa shape index (κ3) is 3.16. The number of halogens is 1. The Morgan fingerprint density at radius 1 is 1.59 bits per heavy atom. The van der Waals surface area contributed by atoms with Gasteiger partial charge in [-0.15, -0.1) is 0 Å². The van der Waals surface area contributed by atoms with E-state index in [0.29, 0.717) is 24.4 Å². The lowest BCUT2D eigenvalue weighted by atomic mass is 10.2. The van der Waals surface area contributed by atoms with Crippen LogP contribution in [0.5, 0.6) is 0 Å². The molecular weight excluding hydrogens is 221 g/mol. The smallest absolute Gasteiger partial charge is 0.124 e. The SMILES string of the molecule is N#Cc1cc(F)ccc1NCC1CNCCO1. The first-order valence-electron chi connectivity index (χ1n) is 5.55. The third-order valence-electron chi connectivity index (χ3n) is 2.63. The second-order valence-corrected chi connectivity index (χ2v) is 3.88. The minimum atomic E-state index is -0.400. The summed E-state index contributed by atoms with van der Waals surface area (Å²) >= 11 is 0. The van der Waals surface area contributed by atoms with Gasteiger partial charge < -0.3 is 15.4 Å². The van der Waals surface area contributed by atoms with Crippen molar-refractivity contribution in [3.63, 3.8) is 0 Å². The van der Waals surface area contributed by atoms with Crippen LogP contribution in [0.25, 0.3) is 0 Å². The first-order chi connectivity index (χ1) is 8.29. The maximum atomic E-state index is 12.9. The average Bonchev–Trinajstić information content (AvgIpc) is 2.38. The molecule has 5 heteroatoms. The number of nitrogens with one attached hydrogen (secondary N) is 2. The van der Waals surface area contributed by atoms with Gasteiger partial charge in [-0.05, 0) is 18.2 Å². The molecule has 0 spiro atoms. The number of ether oxygens (including phenoxy) is 1. The fourth-order valence-corrected chi connectivity index (χ4v) is 1.74. The van der Waals surface area contributed by atoms with Gasteiger partial charge in [0.05, 0.1) is 24.0 Å². The van der Waals surface area contributed by atoms with Crippen LogP contribution in [0.15, 0.2) is 18.2 Å². The summed E-state index contributed by atoms with van der Waals surface area (Å²) < 4.78 is 18.4. The van der Waals surface area contributed by atoms with Crippen LogP contribution in [0, 0.1) is 17.1 Å². The Balaban J connectivity index is 1.96. The Bertz CT molecular complexity index is 424. The molecule has 1 aliphatic rings. The molecule has 0 aliphatic carbocycles. The molecule has 2 N–H and O–H groups in total. The van der Waals surface area contributed by atoms with Crippen LogP contribution in [-0.4, -0.2) is 32.3 Å². The van der Waals surface area contributed by atoms with Crippen molar-refractivity contribution >= 4 is 5.69 Å². The molecule has 1 aromatic carbocycles. The lowest BCUT2D eigenvalue weighted by molar-refractivity contribution is 0.0372. The highest BCUT2D eigenvalue weighted by atomic mass is 19.1. The molecule has 0 saturated carbocycles. The molecule has 1 fully saturated rings. The quantitative estimate of drug-likeness (QED) is 0.823. The van der Waals surface area contributed by atoms with E-state index in [1.807, 2.05) is 6.07 Å². The van der Waals surface area contributed by atoms with Gasteiger partial charge in [0.2, 0.25) is 0 Å². The van der Waals surface area contributed by atoms with Gasteiger partial charge in [0, 0.05) is 19.6 Å². The highest BCUT2D eigenvalue weighted by molar-refractivity contribution is 5.57. The largest absolute Gasteiger partial charge is 0.381 e. The first kappa shape index (κ1) is 11.8. The number of anilines is 1. The molecule has 1 atom stereocenters. The molecule has 1 heterocycles. The van der Waals surface area contributed by atoms with Crippen molar-refractivity contribution in [2.24, 2.45) is 0 Å². The number of nitriles is 1. The topological polar surface area (TPSA) is 57.1 Å². The van der Waals surface area contributed by atoms with Gasteiger partial charge in [-0.1, -0.05) is 0 Å². The molecule has 0 amide bonds. The van der Waals surface area contributed by atoms with E-state index in [9.17, 15) is 4.39 Å². The minimum absolute atomic E-state index is 0.0837. The third-order valence-corrected chi connectivity index (χ3v) is 2.63. The van der Waals surface area contributed by atoms with E-state index in [0.717, 1.165) is 13.1 Å². The molecule has 4 nitrogen and oxygen atoms in total. The van der Waals surface area contributed by atoms with Crippen LogP contribution in [0.3, 0.4) is 0 Å². The van der Waals surface area contributed by atoms with Crippen LogP contribution in [-0.2, 0) is 4.74 Å². The van der Waals surface area contributed by atoms with E-state index in [1.165, 1.54) is 12.1 Å². The van der Waals surface area contributed by atoms with E-state index in [4.69, 9.17) is 10.00 Å². The predicted molar refractivity (Wildman–Crippen MR) is 62.2 cm³/mol. The van der Waals surface area contributed by atoms with Crippen LogP contribution < -0.4 is 10.6 Å². The van der Waals surface area contributed by atoms with Gasteiger partial charge in [0.25, 0.3) is 0 Å². The molecule has 0 aromatic heterocycles. The molecule has 90 valence electrons. The summed E-state index contributed by atoms with van der Waals surface area (Å²) in [6.07, 6.45) is 0.0837. The molecule has 2 rings (SSSR count). The zero-order valence-corrected chi connectivity index (χ0v) is 9.37. The van der Waals surface area contributed by atoms with E-state index < -0.39 is 5.82 Å². The Morgan fingerprint density at radius 3 is 3.18 bits per heavy atom. The number of rotatable bonds is 3. The van der Waals surface area contributed by atoms with Gasteiger partial charge in [-0.3, -0.25) is 0 Å². The Labute approximate surface area is 99.4 Å². The zero-order chi connectivity index (χ0) is 12.1. The maximum Gasteiger partial charge on any atom is 0.124 e. The Morgan fingerprint density at radius 2 is 2.47 bits per heavy atom. The van der Waals surface area contributed by atoms with Gasteiger partial charge in [-0.25, -0.2) is 4.39 Å². The van der Waals surface area contributed by atoms with Gasteiger partial charge in [-0.2, -0.15) is 5.26 Å².